The lowest BCUT2D eigenvalue weighted by Gasteiger charge is -2.35. The molecule has 0 N–H and O–H groups in total. The minimum Gasteiger partial charge on any atom is -0.315 e. The van der Waals surface area contributed by atoms with E-state index in [-0.39, 0.29) is 17.2 Å². The summed E-state index contributed by atoms with van der Waals surface area (Å²) in [7, 11) is 0. The molecule has 164 valence electrons. The summed E-state index contributed by atoms with van der Waals surface area (Å²) >= 11 is 0. The van der Waals surface area contributed by atoms with Crippen molar-refractivity contribution in [3.8, 4) is 0 Å². The van der Waals surface area contributed by atoms with Crippen molar-refractivity contribution in [2.75, 3.05) is 0 Å². The van der Waals surface area contributed by atoms with Crippen LogP contribution < -0.4 is 11.1 Å². The molecule has 4 aromatic rings. The van der Waals surface area contributed by atoms with Crippen LogP contribution in [0.1, 0.15) is 44.7 Å². The summed E-state index contributed by atoms with van der Waals surface area (Å²) in [5.41, 5.74) is 2.34. The van der Waals surface area contributed by atoms with Gasteiger partial charge < -0.3 is 9.13 Å². The van der Waals surface area contributed by atoms with Gasteiger partial charge in [0.1, 0.15) is 0 Å². The number of aromatic nitrogens is 3. The van der Waals surface area contributed by atoms with E-state index in [4.69, 9.17) is 0 Å². The van der Waals surface area contributed by atoms with E-state index < -0.39 is 0 Å². The summed E-state index contributed by atoms with van der Waals surface area (Å²) in [6, 6.07) is 15.9. The molecule has 1 aliphatic carbocycles. The Hall–Kier alpha value is -3.21. The average Bonchev–Trinajstić information content (AvgIpc) is 2.81. The zero-order chi connectivity index (χ0) is 22.2. The average molecular weight is 428 g/mol. The van der Waals surface area contributed by atoms with Gasteiger partial charge in [-0.05, 0) is 48.4 Å². The first-order valence-corrected chi connectivity index (χ1v) is 11.6. The van der Waals surface area contributed by atoms with E-state index in [1.807, 2.05) is 41.1 Å². The van der Waals surface area contributed by atoms with Gasteiger partial charge in [0.2, 0.25) is 0 Å². The summed E-state index contributed by atoms with van der Waals surface area (Å²) in [5, 5.41) is 1.04. The molecular formula is C27H29N3O2. The number of fused-ring (bicyclic) bond motifs is 2. The Labute approximate surface area is 187 Å². The second kappa shape index (κ2) is 8.38. The van der Waals surface area contributed by atoms with Crippen LogP contribution in [0.2, 0.25) is 0 Å². The molecule has 0 unspecified atom stereocenters. The van der Waals surface area contributed by atoms with Crippen LogP contribution in [0, 0.1) is 11.8 Å². The van der Waals surface area contributed by atoms with Crippen molar-refractivity contribution in [3.63, 3.8) is 0 Å². The van der Waals surface area contributed by atoms with E-state index >= 15 is 0 Å². The van der Waals surface area contributed by atoms with Crippen molar-refractivity contribution in [3.05, 3.63) is 87.2 Å². The van der Waals surface area contributed by atoms with Gasteiger partial charge >= 0.3 is 0 Å². The summed E-state index contributed by atoms with van der Waals surface area (Å²) in [6.45, 7) is 5.11. The van der Waals surface area contributed by atoms with Crippen molar-refractivity contribution in [1.29, 1.82) is 0 Å². The topological polar surface area (TPSA) is 56.9 Å². The Morgan fingerprint density at radius 2 is 1.62 bits per heavy atom. The van der Waals surface area contributed by atoms with E-state index in [0.717, 1.165) is 19.3 Å². The molecule has 1 aliphatic rings. The minimum absolute atomic E-state index is 0.0399. The van der Waals surface area contributed by atoms with E-state index in [9.17, 15) is 9.59 Å². The number of benzene rings is 1. The third-order valence-electron chi connectivity index (χ3n) is 7.35. The standard InChI is InChI=1S/C27H29N3O2/c1-18-7-6-10-25(19(18)2)30-16-13-24-22(27(30)32)17-21-23(28-24)12-15-29(26(21)31)14-11-20-8-4-3-5-9-20/h3-5,8-9,12-13,15-19,25H,6-7,10-11,14H2,1-2H3/t18-,19+,25+/m0/s1. The molecule has 5 nitrogen and oxygen atoms in total. The van der Waals surface area contributed by atoms with Gasteiger partial charge in [-0.25, -0.2) is 4.98 Å². The molecule has 3 heterocycles. The fourth-order valence-corrected chi connectivity index (χ4v) is 5.16. The second-order valence-corrected chi connectivity index (χ2v) is 9.27. The number of pyridine rings is 3. The van der Waals surface area contributed by atoms with Gasteiger partial charge in [0.15, 0.2) is 0 Å². The molecule has 32 heavy (non-hydrogen) atoms. The zero-order valence-electron chi connectivity index (χ0n) is 18.7. The maximum Gasteiger partial charge on any atom is 0.260 e. The van der Waals surface area contributed by atoms with Crippen LogP contribution >= 0.6 is 0 Å². The molecule has 0 aliphatic heterocycles. The smallest absolute Gasteiger partial charge is 0.260 e. The third-order valence-corrected chi connectivity index (χ3v) is 7.35. The van der Waals surface area contributed by atoms with E-state index in [0.29, 0.717) is 40.2 Å². The van der Waals surface area contributed by atoms with Crippen LogP contribution in [0.4, 0.5) is 0 Å². The molecule has 3 aromatic heterocycles. The number of aryl methyl sites for hydroxylation is 2. The summed E-state index contributed by atoms with van der Waals surface area (Å²) in [5.74, 6) is 1.05. The van der Waals surface area contributed by atoms with Crippen LogP contribution in [0.5, 0.6) is 0 Å². The number of rotatable bonds is 4. The molecular weight excluding hydrogens is 398 g/mol. The highest BCUT2D eigenvalue weighted by atomic mass is 16.1. The highest BCUT2D eigenvalue weighted by Gasteiger charge is 2.29. The molecule has 0 saturated heterocycles. The Morgan fingerprint density at radius 3 is 2.41 bits per heavy atom. The Balaban J connectivity index is 1.56. The summed E-state index contributed by atoms with van der Waals surface area (Å²) in [4.78, 5) is 31.3. The van der Waals surface area contributed by atoms with Crippen molar-refractivity contribution in [2.24, 2.45) is 11.8 Å². The van der Waals surface area contributed by atoms with Gasteiger partial charge in [-0.1, -0.05) is 57.0 Å². The lowest BCUT2D eigenvalue weighted by atomic mass is 9.78. The fraction of sp³-hybridized carbons (Fsp3) is 0.370. The molecule has 3 atom stereocenters. The van der Waals surface area contributed by atoms with Gasteiger partial charge in [-0.15, -0.1) is 0 Å². The van der Waals surface area contributed by atoms with Crippen LogP contribution in [0.15, 0.2) is 70.5 Å². The predicted molar refractivity (Wildman–Crippen MR) is 129 cm³/mol. The van der Waals surface area contributed by atoms with Crippen molar-refractivity contribution in [2.45, 2.75) is 52.1 Å². The molecule has 0 bridgehead atoms. The molecule has 5 heteroatoms. The first-order valence-electron chi connectivity index (χ1n) is 11.6. The predicted octanol–water partition coefficient (Wildman–Crippen LogP) is 4.95. The first kappa shape index (κ1) is 20.7. The maximum absolute atomic E-state index is 13.4. The monoisotopic (exact) mass is 427 g/mol. The second-order valence-electron chi connectivity index (χ2n) is 9.27. The summed E-state index contributed by atoms with van der Waals surface area (Å²) in [6.07, 6.45) is 7.85. The van der Waals surface area contributed by atoms with Gasteiger partial charge in [0, 0.05) is 25.0 Å². The lowest BCUT2D eigenvalue weighted by molar-refractivity contribution is 0.183. The van der Waals surface area contributed by atoms with Crippen molar-refractivity contribution in [1.82, 2.24) is 14.1 Å². The molecule has 1 aromatic carbocycles. The van der Waals surface area contributed by atoms with Crippen LogP contribution in [0.3, 0.4) is 0 Å². The van der Waals surface area contributed by atoms with Crippen molar-refractivity contribution < 1.29 is 0 Å². The Bertz CT molecular complexity index is 1390. The molecule has 0 spiro atoms. The van der Waals surface area contributed by atoms with Gasteiger partial charge in [0.25, 0.3) is 11.1 Å². The SMILES string of the molecule is C[C@H]1[C@H](n2ccc3nc4ccn(CCc5ccccc5)c(=O)c4cc3c2=O)CCC[C@@H]1C. The largest absolute Gasteiger partial charge is 0.315 e. The third kappa shape index (κ3) is 3.66. The quantitative estimate of drug-likeness (QED) is 0.433. The van der Waals surface area contributed by atoms with E-state index in [1.54, 1.807) is 16.8 Å². The van der Waals surface area contributed by atoms with Crippen LogP contribution in [-0.2, 0) is 13.0 Å². The number of hydrogen-bond donors (Lipinski definition) is 0. The van der Waals surface area contributed by atoms with Gasteiger partial charge in [-0.3, -0.25) is 9.59 Å². The van der Waals surface area contributed by atoms with E-state index in [1.165, 1.54) is 12.0 Å². The maximum atomic E-state index is 13.4. The minimum atomic E-state index is -0.0951. The van der Waals surface area contributed by atoms with Gasteiger partial charge in [0.05, 0.1) is 21.8 Å². The molecule has 1 saturated carbocycles. The molecule has 1 fully saturated rings. The van der Waals surface area contributed by atoms with E-state index in [2.05, 4.69) is 31.0 Å². The fourth-order valence-electron chi connectivity index (χ4n) is 5.16. The first-order chi connectivity index (χ1) is 15.5. The molecule has 5 rings (SSSR count). The number of hydrogen-bond acceptors (Lipinski definition) is 3. The Kier molecular flexibility index (Phi) is 5.41. The lowest BCUT2D eigenvalue weighted by Crippen LogP contribution is -2.33. The van der Waals surface area contributed by atoms with Crippen molar-refractivity contribution >= 4 is 21.8 Å². The Morgan fingerprint density at radius 1 is 0.906 bits per heavy atom. The summed E-state index contributed by atoms with van der Waals surface area (Å²) < 4.78 is 3.60. The number of nitrogens with zero attached hydrogens (tertiary/aromatic N) is 3. The van der Waals surface area contributed by atoms with Crippen LogP contribution in [-0.4, -0.2) is 14.1 Å². The molecule has 0 amide bonds. The zero-order valence-corrected chi connectivity index (χ0v) is 18.7. The normalized spacial score (nSPS) is 21.2. The van der Waals surface area contributed by atoms with Gasteiger partial charge in [-0.2, -0.15) is 0 Å². The highest BCUT2D eigenvalue weighted by Crippen LogP contribution is 2.37. The van der Waals surface area contributed by atoms with Crippen LogP contribution in [0.25, 0.3) is 21.8 Å². The highest BCUT2D eigenvalue weighted by molar-refractivity contribution is 5.91. The molecule has 0 radical (unpaired) electrons.